The molecule has 0 spiro atoms. The molecule has 0 aromatic carbocycles. The maximum absolute atomic E-state index is 5.55. The average Bonchev–Trinajstić information content (AvgIpc) is 2.50. The molecule has 1 heterocycles. The van der Waals surface area contributed by atoms with Gasteiger partial charge in [-0.3, -0.25) is 4.68 Å². The van der Waals surface area contributed by atoms with Crippen molar-refractivity contribution in [2.45, 2.75) is 32.9 Å². The molecule has 13 heavy (non-hydrogen) atoms. The van der Waals surface area contributed by atoms with Gasteiger partial charge in [-0.1, -0.05) is 6.92 Å². The Labute approximate surface area is 78.7 Å². The number of nitrogens with two attached hydrogens (primary N) is 1. The summed E-state index contributed by atoms with van der Waals surface area (Å²) in [6.45, 7) is 5.50. The van der Waals surface area contributed by atoms with Gasteiger partial charge < -0.3 is 10.5 Å². The highest BCUT2D eigenvalue weighted by molar-refractivity contribution is 5.11. The first kappa shape index (κ1) is 10.1. The Morgan fingerprint density at radius 3 is 3.08 bits per heavy atom. The summed E-state index contributed by atoms with van der Waals surface area (Å²) >= 11 is 0. The van der Waals surface area contributed by atoms with Crippen molar-refractivity contribution in [1.82, 2.24) is 9.78 Å². The number of rotatable bonds is 5. The molecule has 1 unspecified atom stereocenters. The molecule has 0 aliphatic carbocycles. The van der Waals surface area contributed by atoms with E-state index in [0.717, 1.165) is 18.7 Å². The molecule has 0 bridgehead atoms. The third-order valence-corrected chi connectivity index (χ3v) is 1.58. The fourth-order valence-corrected chi connectivity index (χ4v) is 0.998. The zero-order chi connectivity index (χ0) is 9.68. The summed E-state index contributed by atoms with van der Waals surface area (Å²) in [6, 6.07) is 0.0644. The lowest BCUT2D eigenvalue weighted by atomic mass is 10.4. The molecule has 1 aromatic heterocycles. The second-order valence-electron chi connectivity index (χ2n) is 3.23. The van der Waals surface area contributed by atoms with E-state index in [1.165, 1.54) is 0 Å². The molecule has 0 amide bonds. The Kier molecular flexibility index (Phi) is 3.76. The van der Waals surface area contributed by atoms with Crippen LogP contribution < -0.4 is 10.5 Å². The van der Waals surface area contributed by atoms with Crippen molar-refractivity contribution in [1.29, 1.82) is 0 Å². The first-order valence-corrected chi connectivity index (χ1v) is 4.63. The molecule has 2 N–H and O–H groups in total. The minimum Gasteiger partial charge on any atom is -0.489 e. The van der Waals surface area contributed by atoms with Crippen molar-refractivity contribution in [3.05, 3.63) is 12.4 Å². The Hall–Kier alpha value is -1.03. The molecular weight excluding hydrogens is 166 g/mol. The molecule has 0 saturated carbocycles. The van der Waals surface area contributed by atoms with Gasteiger partial charge in [0.2, 0.25) is 0 Å². The summed E-state index contributed by atoms with van der Waals surface area (Å²) in [6.07, 6.45) is 4.69. The van der Waals surface area contributed by atoms with Crippen molar-refractivity contribution in [3.63, 3.8) is 0 Å². The molecule has 1 rings (SSSR count). The van der Waals surface area contributed by atoms with E-state index in [2.05, 4.69) is 12.0 Å². The van der Waals surface area contributed by atoms with E-state index in [4.69, 9.17) is 10.5 Å². The van der Waals surface area contributed by atoms with Gasteiger partial charge in [-0.05, 0) is 13.3 Å². The van der Waals surface area contributed by atoms with Crippen LogP contribution in [0, 0.1) is 0 Å². The minimum absolute atomic E-state index is 0.0644. The highest BCUT2D eigenvalue weighted by atomic mass is 16.5. The summed E-state index contributed by atoms with van der Waals surface area (Å²) in [5, 5.41) is 4.13. The zero-order valence-electron chi connectivity index (χ0n) is 8.23. The van der Waals surface area contributed by atoms with Crippen molar-refractivity contribution >= 4 is 0 Å². The maximum atomic E-state index is 5.55. The fraction of sp³-hybridized carbons (Fsp3) is 0.667. The highest BCUT2D eigenvalue weighted by Crippen LogP contribution is 2.08. The lowest BCUT2D eigenvalue weighted by Crippen LogP contribution is -2.23. The molecule has 0 fully saturated rings. The smallest absolute Gasteiger partial charge is 0.157 e. The lowest BCUT2D eigenvalue weighted by molar-refractivity contribution is 0.296. The summed E-state index contributed by atoms with van der Waals surface area (Å²) in [5.74, 6) is 0.797. The Balaban J connectivity index is 2.39. The first-order valence-electron chi connectivity index (χ1n) is 4.63. The van der Waals surface area contributed by atoms with Crippen LogP contribution in [0.2, 0.25) is 0 Å². The molecule has 74 valence electrons. The van der Waals surface area contributed by atoms with Gasteiger partial charge in [0.25, 0.3) is 0 Å². The number of aryl methyl sites for hydroxylation is 1. The average molecular weight is 183 g/mol. The number of hydrogen-bond acceptors (Lipinski definition) is 3. The van der Waals surface area contributed by atoms with Crippen LogP contribution in [0.5, 0.6) is 5.75 Å². The Morgan fingerprint density at radius 2 is 2.46 bits per heavy atom. The van der Waals surface area contributed by atoms with Crippen LogP contribution >= 0.6 is 0 Å². The molecule has 0 aliphatic heterocycles. The van der Waals surface area contributed by atoms with Gasteiger partial charge in [0.1, 0.15) is 6.61 Å². The van der Waals surface area contributed by atoms with Crippen LogP contribution in [-0.4, -0.2) is 22.4 Å². The van der Waals surface area contributed by atoms with Crippen LogP contribution in [0.25, 0.3) is 0 Å². The predicted octanol–water partition coefficient (Wildman–Crippen LogP) is 1.02. The van der Waals surface area contributed by atoms with Crippen molar-refractivity contribution in [3.8, 4) is 5.75 Å². The quantitative estimate of drug-likeness (QED) is 0.741. The minimum atomic E-state index is 0.0644. The topological polar surface area (TPSA) is 53.1 Å². The summed E-state index contributed by atoms with van der Waals surface area (Å²) in [7, 11) is 0. The summed E-state index contributed by atoms with van der Waals surface area (Å²) < 4.78 is 7.26. The third-order valence-electron chi connectivity index (χ3n) is 1.58. The van der Waals surface area contributed by atoms with Crippen molar-refractivity contribution in [2.75, 3.05) is 6.61 Å². The van der Waals surface area contributed by atoms with Gasteiger partial charge in [0.15, 0.2) is 5.75 Å². The van der Waals surface area contributed by atoms with E-state index in [0.29, 0.717) is 6.61 Å². The summed E-state index contributed by atoms with van der Waals surface area (Å²) in [5.41, 5.74) is 5.55. The Morgan fingerprint density at radius 1 is 1.69 bits per heavy atom. The monoisotopic (exact) mass is 183 g/mol. The molecule has 0 aliphatic rings. The van der Waals surface area contributed by atoms with Crippen LogP contribution in [0.3, 0.4) is 0 Å². The van der Waals surface area contributed by atoms with Gasteiger partial charge in [-0.15, -0.1) is 0 Å². The zero-order valence-corrected chi connectivity index (χ0v) is 8.23. The number of hydrogen-bond donors (Lipinski definition) is 1. The Bertz CT molecular complexity index is 245. The highest BCUT2D eigenvalue weighted by Gasteiger charge is 1.99. The SMILES string of the molecule is CCCn1cc(OCC(C)N)cn1. The van der Waals surface area contributed by atoms with E-state index in [-0.39, 0.29) is 6.04 Å². The van der Waals surface area contributed by atoms with E-state index >= 15 is 0 Å². The maximum Gasteiger partial charge on any atom is 0.157 e. The van der Waals surface area contributed by atoms with Crippen molar-refractivity contribution in [2.24, 2.45) is 5.73 Å². The van der Waals surface area contributed by atoms with Gasteiger partial charge in [0, 0.05) is 12.6 Å². The number of ether oxygens (including phenoxy) is 1. The van der Waals surface area contributed by atoms with Gasteiger partial charge in [0.05, 0.1) is 12.4 Å². The third kappa shape index (κ3) is 3.46. The molecule has 0 saturated heterocycles. The molecule has 0 radical (unpaired) electrons. The largest absolute Gasteiger partial charge is 0.489 e. The van der Waals surface area contributed by atoms with E-state index in [1.807, 2.05) is 17.8 Å². The van der Waals surface area contributed by atoms with Gasteiger partial charge >= 0.3 is 0 Å². The first-order chi connectivity index (χ1) is 6.22. The lowest BCUT2D eigenvalue weighted by Gasteiger charge is -2.05. The van der Waals surface area contributed by atoms with Crippen LogP contribution in [0.4, 0.5) is 0 Å². The molecule has 1 aromatic rings. The molecular formula is C9H17N3O. The predicted molar refractivity (Wildman–Crippen MR) is 51.7 cm³/mol. The number of nitrogens with zero attached hydrogens (tertiary/aromatic N) is 2. The summed E-state index contributed by atoms with van der Waals surface area (Å²) in [4.78, 5) is 0. The second-order valence-corrected chi connectivity index (χ2v) is 3.23. The van der Waals surface area contributed by atoms with E-state index in [9.17, 15) is 0 Å². The normalized spacial score (nSPS) is 12.8. The number of aromatic nitrogens is 2. The van der Waals surface area contributed by atoms with Crippen molar-refractivity contribution < 1.29 is 4.74 Å². The second kappa shape index (κ2) is 4.87. The standard InChI is InChI=1S/C9H17N3O/c1-3-4-12-6-9(5-11-12)13-7-8(2)10/h5-6,8H,3-4,7,10H2,1-2H3. The van der Waals surface area contributed by atoms with Crippen LogP contribution in [0.1, 0.15) is 20.3 Å². The molecule has 4 heteroatoms. The van der Waals surface area contributed by atoms with E-state index in [1.54, 1.807) is 6.20 Å². The van der Waals surface area contributed by atoms with E-state index < -0.39 is 0 Å². The fourth-order valence-electron chi connectivity index (χ4n) is 0.998. The molecule has 1 atom stereocenters. The van der Waals surface area contributed by atoms with Gasteiger partial charge in [-0.25, -0.2) is 0 Å². The van der Waals surface area contributed by atoms with Gasteiger partial charge in [-0.2, -0.15) is 5.10 Å². The van der Waals surface area contributed by atoms with Crippen LogP contribution in [0.15, 0.2) is 12.4 Å². The molecule has 4 nitrogen and oxygen atoms in total. The van der Waals surface area contributed by atoms with Crippen LogP contribution in [-0.2, 0) is 6.54 Å².